The first-order valence-corrected chi connectivity index (χ1v) is 8.51. The van der Waals surface area contributed by atoms with Crippen molar-refractivity contribution in [1.82, 2.24) is 10.6 Å². The Bertz CT molecular complexity index is 632. The lowest BCUT2D eigenvalue weighted by Gasteiger charge is -2.11. The van der Waals surface area contributed by atoms with E-state index in [1.807, 2.05) is 30.3 Å². The third-order valence-corrected chi connectivity index (χ3v) is 3.68. The fraction of sp³-hybridized carbons (Fsp3) is 0.350. The Morgan fingerprint density at radius 2 is 1.76 bits per heavy atom. The van der Waals surface area contributed by atoms with E-state index in [1.54, 1.807) is 7.11 Å². The van der Waals surface area contributed by atoms with Crippen molar-refractivity contribution in [3.05, 3.63) is 65.7 Å². The largest absolute Gasteiger partial charge is 0.497 e. The maximum atomic E-state index is 5.26. The average molecular weight is 453 g/mol. The van der Waals surface area contributed by atoms with Gasteiger partial charge in [-0.1, -0.05) is 42.5 Å². The minimum Gasteiger partial charge on any atom is -0.497 e. The molecule has 0 aliphatic heterocycles. The topological polar surface area (TPSA) is 45.7 Å². The van der Waals surface area contributed by atoms with E-state index >= 15 is 0 Å². The van der Waals surface area contributed by atoms with Gasteiger partial charge in [-0.05, 0) is 43.0 Å². The number of methoxy groups -OCH3 is 1. The van der Waals surface area contributed by atoms with Crippen molar-refractivity contribution in [2.75, 3.05) is 20.2 Å². The number of benzene rings is 2. The van der Waals surface area contributed by atoms with E-state index in [4.69, 9.17) is 4.74 Å². The number of aryl methyl sites for hydroxylation is 1. The molecular weight excluding hydrogens is 425 g/mol. The second-order valence-electron chi connectivity index (χ2n) is 5.56. The van der Waals surface area contributed by atoms with E-state index in [2.05, 4.69) is 46.8 Å². The number of halogens is 1. The summed E-state index contributed by atoms with van der Waals surface area (Å²) in [5.74, 6) is 1.78. The Kier molecular flexibility index (Phi) is 10.7. The van der Waals surface area contributed by atoms with Crippen LogP contribution in [0.15, 0.2) is 59.6 Å². The van der Waals surface area contributed by atoms with Crippen LogP contribution in [0.5, 0.6) is 5.75 Å². The zero-order chi connectivity index (χ0) is 17.0. The van der Waals surface area contributed by atoms with Gasteiger partial charge in [0.25, 0.3) is 0 Å². The molecule has 2 aromatic carbocycles. The van der Waals surface area contributed by atoms with Gasteiger partial charge in [-0.15, -0.1) is 24.0 Å². The summed E-state index contributed by atoms with van der Waals surface area (Å²) in [6.07, 6.45) is 2.06. The van der Waals surface area contributed by atoms with Crippen molar-refractivity contribution in [1.29, 1.82) is 0 Å². The van der Waals surface area contributed by atoms with E-state index in [1.165, 1.54) is 11.1 Å². The van der Waals surface area contributed by atoms with Crippen molar-refractivity contribution in [2.24, 2.45) is 4.99 Å². The van der Waals surface area contributed by atoms with Crippen LogP contribution in [0.25, 0.3) is 0 Å². The van der Waals surface area contributed by atoms with E-state index < -0.39 is 0 Å². The highest BCUT2D eigenvalue weighted by Gasteiger charge is 1.99. The molecule has 25 heavy (non-hydrogen) atoms. The molecule has 2 N–H and O–H groups in total. The van der Waals surface area contributed by atoms with Crippen LogP contribution in [0.1, 0.15) is 24.5 Å². The van der Waals surface area contributed by atoms with E-state index in [0.717, 1.165) is 37.6 Å². The first kappa shape index (κ1) is 21.3. The van der Waals surface area contributed by atoms with Crippen molar-refractivity contribution in [3.63, 3.8) is 0 Å². The van der Waals surface area contributed by atoms with Crippen molar-refractivity contribution >= 4 is 29.9 Å². The second-order valence-corrected chi connectivity index (χ2v) is 5.56. The van der Waals surface area contributed by atoms with Crippen molar-refractivity contribution in [3.8, 4) is 5.75 Å². The molecule has 2 rings (SSSR count). The Hall–Kier alpha value is -1.76. The maximum Gasteiger partial charge on any atom is 0.191 e. The van der Waals surface area contributed by atoms with Gasteiger partial charge >= 0.3 is 0 Å². The van der Waals surface area contributed by atoms with Crippen molar-refractivity contribution < 1.29 is 4.74 Å². The number of rotatable bonds is 8. The van der Waals surface area contributed by atoms with Gasteiger partial charge in [0, 0.05) is 13.1 Å². The number of hydrogen-bond donors (Lipinski definition) is 2. The molecular formula is C20H28IN3O. The molecule has 0 aromatic heterocycles. The first-order valence-electron chi connectivity index (χ1n) is 8.51. The van der Waals surface area contributed by atoms with E-state index in [0.29, 0.717) is 6.54 Å². The predicted octanol–water partition coefficient (Wildman–Crippen LogP) is 4.00. The number of hydrogen-bond acceptors (Lipinski definition) is 2. The van der Waals surface area contributed by atoms with Gasteiger partial charge in [-0.25, -0.2) is 4.99 Å². The molecule has 136 valence electrons. The normalized spacial score (nSPS) is 10.7. The molecule has 0 saturated carbocycles. The van der Waals surface area contributed by atoms with Gasteiger partial charge in [0.15, 0.2) is 5.96 Å². The Morgan fingerprint density at radius 1 is 1.00 bits per heavy atom. The van der Waals surface area contributed by atoms with Crippen LogP contribution in [-0.2, 0) is 13.0 Å². The van der Waals surface area contributed by atoms with Crippen LogP contribution in [0.2, 0.25) is 0 Å². The summed E-state index contributed by atoms with van der Waals surface area (Å²) in [5, 5.41) is 6.69. The third-order valence-electron chi connectivity index (χ3n) is 3.68. The highest BCUT2D eigenvalue weighted by Crippen LogP contribution is 2.13. The number of nitrogens with one attached hydrogen (secondary N) is 2. The number of nitrogens with zero attached hydrogens (tertiary/aromatic N) is 1. The van der Waals surface area contributed by atoms with Gasteiger partial charge in [-0.3, -0.25) is 0 Å². The number of aliphatic imine (C=N–C) groups is 1. The van der Waals surface area contributed by atoms with Crippen LogP contribution >= 0.6 is 24.0 Å². The molecule has 0 spiro atoms. The molecule has 0 aliphatic carbocycles. The molecule has 0 atom stereocenters. The SMILES string of the molecule is CCNC(=NCc1ccccc1)NCCCc1cccc(OC)c1.I. The van der Waals surface area contributed by atoms with Gasteiger partial charge < -0.3 is 15.4 Å². The second kappa shape index (κ2) is 12.6. The Labute approximate surface area is 168 Å². The number of ether oxygens (including phenoxy) is 1. The monoisotopic (exact) mass is 453 g/mol. The van der Waals surface area contributed by atoms with Crippen LogP contribution in [0.3, 0.4) is 0 Å². The number of guanidine groups is 1. The molecule has 0 saturated heterocycles. The van der Waals surface area contributed by atoms with Gasteiger partial charge in [0.1, 0.15) is 5.75 Å². The predicted molar refractivity (Wildman–Crippen MR) is 116 cm³/mol. The third kappa shape index (κ3) is 8.25. The van der Waals surface area contributed by atoms with Gasteiger partial charge in [0.2, 0.25) is 0 Å². The summed E-state index contributed by atoms with van der Waals surface area (Å²) in [6, 6.07) is 18.5. The highest BCUT2D eigenvalue weighted by atomic mass is 127. The molecule has 5 heteroatoms. The van der Waals surface area contributed by atoms with Crippen molar-refractivity contribution in [2.45, 2.75) is 26.3 Å². The first-order chi connectivity index (χ1) is 11.8. The summed E-state index contributed by atoms with van der Waals surface area (Å²) in [5.41, 5.74) is 2.51. The van der Waals surface area contributed by atoms with Crippen LogP contribution < -0.4 is 15.4 Å². The average Bonchev–Trinajstić information content (AvgIpc) is 2.64. The molecule has 0 heterocycles. The fourth-order valence-electron chi connectivity index (χ4n) is 2.42. The molecule has 0 fully saturated rings. The fourth-order valence-corrected chi connectivity index (χ4v) is 2.42. The standard InChI is InChI=1S/C20H27N3O.HI/c1-3-21-20(23-16-18-9-5-4-6-10-18)22-14-8-12-17-11-7-13-19(15-17)24-2;/h4-7,9-11,13,15H,3,8,12,14,16H2,1-2H3,(H2,21,22,23);1H. The maximum absolute atomic E-state index is 5.26. The lowest BCUT2D eigenvalue weighted by atomic mass is 10.1. The summed E-state index contributed by atoms with van der Waals surface area (Å²) in [6.45, 7) is 4.51. The summed E-state index contributed by atoms with van der Waals surface area (Å²) < 4.78 is 5.26. The highest BCUT2D eigenvalue weighted by molar-refractivity contribution is 14.0. The lowest BCUT2D eigenvalue weighted by Crippen LogP contribution is -2.37. The van der Waals surface area contributed by atoms with Crippen LogP contribution in [0.4, 0.5) is 0 Å². The molecule has 2 aromatic rings. The quantitative estimate of drug-likeness (QED) is 0.275. The van der Waals surface area contributed by atoms with Gasteiger partial charge in [0.05, 0.1) is 13.7 Å². The minimum absolute atomic E-state index is 0. The summed E-state index contributed by atoms with van der Waals surface area (Å²) >= 11 is 0. The van der Waals surface area contributed by atoms with Crippen LogP contribution in [0, 0.1) is 0 Å². The Morgan fingerprint density at radius 3 is 2.48 bits per heavy atom. The molecule has 0 radical (unpaired) electrons. The summed E-state index contributed by atoms with van der Waals surface area (Å²) in [7, 11) is 1.70. The summed E-state index contributed by atoms with van der Waals surface area (Å²) in [4.78, 5) is 4.63. The molecule has 0 unspecified atom stereocenters. The van der Waals surface area contributed by atoms with Gasteiger partial charge in [-0.2, -0.15) is 0 Å². The smallest absolute Gasteiger partial charge is 0.191 e. The Balaban J connectivity index is 0.00000312. The zero-order valence-corrected chi connectivity index (χ0v) is 17.3. The molecule has 0 bridgehead atoms. The zero-order valence-electron chi connectivity index (χ0n) is 15.0. The minimum atomic E-state index is 0. The van der Waals surface area contributed by atoms with Crippen LogP contribution in [-0.4, -0.2) is 26.2 Å². The van der Waals surface area contributed by atoms with E-state index in [-0.39, 0.29) is 24.0 Å². The molecule has 0 amide bonds. The van der Waals surface area contributed by atoms with E-state index in [9.17, 15) is 0 Å². The molecule has 0 aliphatic rings. The lowest BCUT2D eigenvalue weighted by molar-refractivity contribution is 0.414. The molecule has 4 nitrogen and oxygen atoms in total.